The van der Waals surface area contributed by atoms with Crippen molar-refractivity contribution < 1.29 is 9.53 Å². The lowest BCUT2D eigenvalue weighted by Gasteiger charge is -2.32. The number of nitrogens with zero attached hydrogens (tertiary/aromatic N) is 4. The molecule has 1 aliphatic carbocycles. The monoisotopic (exact) mass is 368 g/mol. The second kappa shape index (κ2) is 8.11. The van der Waals surface area contributed by atoms with Gasteiger partial charge in [0.2, 0.25) is 5.91 Å². The van der Waals surface area contributed by atoms with E-state index in [1.165, 1.54) is 0 Å². The first-order valence-electron chi connectivity index (χ1n) is 10.1. The first kappa shape index (κ1) is 18.0. The van der Waals surface area contributed by atoms with E-state index in [1.807, 2.05) is 16.8 Å². The summed E-state index contributed by atoms with van der Waals surface area (Å²) >= 11 is 0. The molecule has 0 N–H and O–H groups in total. The van der Waals surface area contributed by atoms with Gasteiger partial charge in [-0.25, -0.2) is 9.67 Å². The van der Waals surface area contributed by atoms with Crippen LogP contribution in [0.5, 0.6) is 5.75 Å². The van der Waals surface area contributed by atoms with Gasteiger partial charge in [-0.2, -0.15) is 5.10 Å². The molecular formula is C21H28N4O2. The summed E-state index contributed by atoms with van der Waals surface area (Å²) in [6.45, 7) is 2.50. The lowest BCUT2D eigenvalue weighted by molar-refractivity contribution is -0.136. The van der Waals surface area contributed by atoms with Crippen LogP contribution in [-0.2, 0) is 11.3 Å². The number of likely N-dealkylation sites (tertiary alicyclic amines) is 1. The molecule has 144 valence electrons. The Morgan fingerprint density at radius 2 is 1.85 bits per heavy atom. The van der Waals surface area contributed by atoms with Gasteiger partial charge in [0.05, 0.1) is 13.7 Å². The number of benzene rings is 1. The van der Waals surface area contributed by atoms with Crippen LogP contribution in [0.1, 0.15) is 55.8 Å². The minimum Gasteiger partial charge on any atom is -0.497 e. The number of hydrogen-bond acceptors (Lipinski definition) is 4. The lowest BCUT2D eigenvalue weighted by atomic mass is 9.78. The van der Waals surface area contributed by atoms with E-state index in [-0.39, 0.29) is 11.8 Å². The van der Waals surface area contributed by atoms with Gasteiger partial charge in [0.25, 0.3) is 0 Å². The van der Waals surface area contributed by atoms with Crippen LogP contribution in [0.4, 0.5) is 0 Å². The van der Waals surface area contributed by atoms with E-state index in [2.05, 4.69) is 27.1 Å². The number of methoxy groups -OCH3 is 1. The van der Waals surface area contributed by atoms with Gasteiger partial charge in [0.15, 0.2) is 0 Å². The highest BCUT2D eigenvalue weighted by Gasteiger charge is 2.37. The summed E-state index contributed by atoms with van der Waals surface area (Å²) in [5.74, 6) is 2.36. The molecule has 1 aromatic heterocycles. The highest BCUT2D eigenvalue weighted by Crippen LogP contribution is 2.38. The SMILES string of the molecule is COc1ccc(Cn2ncnc2[C@@H]2CCCC[C@@H]2C(=O)N2CCCC2)cc1. The van der Waals surface area contributed by atoms with E-state index in [4.69, 9.17) is 4.74 Å². The maximum atomic E-state index is 13.1. The Labute approximate surface area is 160 Å². The van der Waals surface area contributed by atoms with Gasteiger partial charge in [-0.1, -0.05) is 25.0 Å². The molecule has 6 heteroatoms. The van der Waals surface area contributed by atoms with Gasteiger partial charge < -0.3 is 9.64 Å². The number of amides is 1. The fraction of sp³-hybridized carbons (Fsp3) is 0.571. The Balaban J connectivity index is 1.54. The molecule has 0 bridgehead atoms. The molecule has 1 aromatic carbocycles. The summed E-state index contributed by atoms with van der Waals surface area (Å²) < 4.78 is 7.21. The predicted octanol–water partition coefficient (Wildman–Crippen LogP) is 3.23. The molecule has 2 heterocycles. The molecular weight excluding hydrogens is 340 g/mol. The fourth-order valence-corrected chi connectivity index (χ4v) is 4.49. The Kier molecular flexibility index (Phi) is 5.41. The molecule has 4 rings (SSSR count). The van der Waals surface area contributed by atoms with Crippen LogP contribution in [0.3, 0.4) is 0 Å². The molecule has 1 saturated carbocycles. The van der Waals surface area contributed by atoms with E-state index < -0.39 is 0 Å². The Morgan fingerprint density at radius 1 is 1.11 bits per heavy atom. The zero-order chi connectivity index (χ0) is 18.6. The average Bonchev–Trinajstić information content (AvgIpc) is 3.40. The smallest absolute Gasteiger partial charge is 0.226 e. The van der Waals surface area contributed by atoms with Crippen LogP contribution in [0.2, 0.25) is 0 Å². The minimum absolute atomic E-state index is 0.0515. The van der Waals surface area contributed by atoms with Crippen molar-refractivity contribution in [2.75, 3.05) is 20.2 Å². The summed E-state index contributed by atoms with van der Waals surface area (Å²) in [5.41, 5.74) is 1.15. The van der Waals surface area contributed by atoms with Crippen molar-refractivity contribution in [1.29, 1.82) is 0 Å². The maximum absolute atomic E-state index is 13.1. The first-order valence-corrected chi connectivity index (χ1v) is 10.1. The minimum atomic E-state index is 0.0515. The number of hydrogen-bond donors (Lipinski definition) is 0. The summed E-state index contributed by atoms with van der Waals surface area (Å²) in [7, 11) is 1.67. The van der Waals surface area contributed by atoms with Crippen LogP contribution in [0.25, 0.3) is 0 Å². The van der Waals surface area contributed by atoms with Gasteiger partial charge in [-0.05, 0) is 43.4 Å². The number of rotatable bonds is 5. The van der Waals surface area contributed by atoms with E-state index >= 15 is 0 Å². The fourth-order valence-electron chi connectivity index (χ4n) is 4.49. The molecule has 1 amide bonds. The van der Waals surface area contributed by atoms with Gasteiger partial charge in [-0.3, -0.25) is 4.79 Å². The van der Waals surface area contributed by atoms with Crippen molar-refractivity contribution in [3.8, 4) is 5.75 Å². The maximum Gasteiger partial charge on any atom is 0.226 e. The largest absolute Gasteiger partial charge is 0.497 e. The van der Waals surface area contributed by atoms with E-state index in [0.717, 1.165) is 68.8 Å². The van der Waals surface area contributed by atoms with Crippen molar-refractivity contribution in [2.24, 2.45) is 5.92 Å². The van der Waals surface area contributed by atoms with Crippen LogP contribution in [0, 0.1) is 5.92 Å². The summed E-state index contributed by atoms with van der Waals surface area (Å²) in [6.07, 6.45) is 8.18. The molecule has 6 nitrogen and oxygen atoms in total. The highest BCUT2D eigenvalue weighted by atomic mass is 16.5. The van der Waals surface area contributed by atoms with E-state index in [9.17, 15) is 4.79 Å². The topological polar surface area (TPSA) is 60.2 Å². The number of aromatic nitrogens is 3. The van der Waals surface area contributed by atoms with Crippen LogP contribution in [-0.4, -0.2) is 45.8 Å². The molecule has 2 aromatic rings. The normalized spacial score (nSPS) is 22.8. The van der Waals surface area contributed by atoms with Crippen molar-refractivity contribution in [3.63, 3.8) is 0 Å². The lowest BCUT2D eigenvalue weighted by Crippen LogP contribution is -2.38. The van der Waals surface area contributed by atoms with E-state index in [0.29, 0.717) is 12.5 Å². The standard InChI is InChI=1S/C21H28N4O2/c1-27-17-10-8-16(9-11-17)14-25-20(22-15-23-25)18-6-2-3-7-19(18)21(26)24-12-4-5-13-24/h8-11,15,18-19H,2-7,12-14H2,1H3/t18-,19+/m1/s1. The third-order valence-electron chi connectivity index (χ3n) is 5.97. The molecule has 2 atom stereocenters. The molecule has 0 unspecified atom stereocenters. The Bertz CT molecular complexity index is 765. The predicted molar refractivity (Wildman–Crippen MR) is 103 cm³/mol. The number of ether oxygens (including phenoxy) is 1. The van der Waals surface area contributed by atoms with Gasteiger partial charge in [-0.15, -0.1) is 0 Å². The third-order valence-corrected chi connectivity index (χ3v) is 5.97. The van der Waals surface area contributed by atoms with Gasteiger partial charge in [0.1, 0.15) is 17.9 Å². The molecule has 2 aliphatic rings. The van der Waals surface area contributed by atoms with Crippen molar-refractivity contribution in [3.05, 3.63) is 42.0 Å². The quantitative estimate of drug-likeness (QED) is 0.813. The second-order valence-electron chi connectivity index (χ2n) is 7.65. The number of carbonyl (C=O) groups is 1. The summed E-state index contributed by atoms with van der Waals surface area (Å²) in [4.78, 5) is 19.7. The molecule has 2 fully saturated rings. The molecule has 0 radical (unpaired) electrons. The Morgan fingerprint density at radius 3 is 2.59 bits per heavy atom. The van der Waals surface area contributed by atoms with Crippen LogP contribution in [0.15, 0.2) is 30.6 Å². The highest BCUT2D eigenvalue weighted by molar-refractivity contribution is 5.80. The van der Waals surface area contributed by atoms with Crippen LogP contribution >= 0.6 is 0 Å². The number of carbonyl (C=O) groups excluding carboxylic acids is 1. The van der Waals surface area contributed by atoms with Crippen molar-refractivity contribution in [1.82, 2.24) is 19.7 Å². The van der Waals surface area contributed by atoms with Crippen molar-refractivity contribution in [2.45, 2.75) is 51.0 Å². The van der Waals surface area contributed by atoms with Gasteiger partial charge in [0, 0.05) is 24.9 Å². The molecule has 1 saturated heterocycles. The van der Waals surface area contributed by atoms with Gasteiger partial charge >= 0.3 is 0 Å². The molecule has 0 spiro atoms. The zero-order valence-electron chi connectivity index (χ0n) is 16.0. The molecule has 1 aliphatic heterocycles. The Hall–Kier alpha value is -2.37. The van der Waals surface area contributed by atoms with Crippen LogP contribution < -0.4 is 4.74 Å². The summed E-state index contributed by atoms with van der Waals surface area (Å²) in [5, 5.41) is 4.47. The molecule has 27 heavy (non-hydrogen) atoms. The first-order chi connectivity index (χ1) is 13.3. The van der Waals surface area contributed by atoms with E-state index in [1.54, 1.807) is 13.4 Å². The second-order valence-corrected chi connectivity index (χ2v) is 7.65. The summed E-state index contributed by atoms with van der Waals surface area (Å²) in [6, 6.07) is 8.04. The third kappa shape index (κ3) is 3.84. The van der Waals surface area contributed by atoms with Crippen molar-refractivity contribution >= 4 is 5.91 Å². The average molecular weight is 368 g/mol. The zero-order valence-corrected chi connectivity index (χ0v) is 16.0.